The molecule has 47 heavy (non-hydrogen) atoms. The fraction of sp³-hybridized carbons (Fsp3) is 0.159. The first kappa shape index (κ1) is 28.0. The van der Waals surface area contributed by atoms with Gasteiger partial charge in [0.05, 0.1) is 28.8 Å². The Morgan fingerprint density at radius 1 is 0.617 bits per heavy atom. The molecular weight excluding hydrogens is 571 g/mol. The van der Waals surface area contributed by atoms with Crippen molar-refractivity contribution in [2.45, 2.75) is 38.0 Å². The number of benzene rings is 6. The first-order valence-electron chi connectivity index (χ1n) is 16.6. The van der Waals surface area contributed by atoms with Crippen molar-refractivity contribution < 1.29 is 0 Å². The van der Waals surface area contributed by atoms with Crippen LogP contribution in [0.3, 0.4) is 0 Å². The van der Waals surface area contributed by atoms with Gasteiger partial charge in [-0.2, -0.15) is 0 Å². The molecule has 1 aliphatic carbocycles. The Labute approximate surface area is 276 Å². The number of hydrogen-bond donors (Lipinski definition) is 0. The summed E-state index contributed by atoms with van der Waals surface area (Å²) in [5.41, 5.74) is 14.0. The van der Waals surface area contributed by atoms with Crippen LogP contribution in [0.25, 0.3) is 44.1 Å². The summed E-state index contributed by atoms with van der Waals surface area (Å²) in [6.07, 6.45) is 0. The molecule has 6 aromatic carbocycles. The average molecular weight is 608 g/mol. The molecule has 1 aromatic heterocycles. The van der Waals surface area contributed by atoms with E-state index in [0.29, 0.717) is 12.7 Å². The molecule has 9 rings (SSSR count). The average Bonchev–Trinajstić information content (AvgIpc) is 3.60. The summed E-state index contributed by atoms with van der Waals surface area (Å²) in [7, 11) is 2.22. The highest BCUT2D eigenvalue weighted by atomic mass is 15.3. The first-order chi connectivity index (χ1) is 23.0. The quantitative estimate of drug-likeness (QED) is 0.136. The van der Waals surface area contributed by atoms with Crippen LogP contribution in [-0.2, 0) is 12.1 Å². The normalized spacial score (nSPS) is 19.6. The summed E-state index contributed by atoms with van der Waals surface area (Å²) in [4.78, 5) is 8.01. The SMILES string of the molecule is CN1C(C(=NCn2c3ccccc3c3cc4c(cc32)C(C)(C)c2ccccc2-4)c2cccc(-c3ccccc3)c2)C1c1ccccc1. The minimum Gasteiger partial charge on any atom is -0.320 e. The van der Waals surface area contributed by atoms with Crippen molar-refractivity contribution in [3.63, 3.8) is 0 Å². The van der Waals surface area contributed by atoms with Gasteiger partial charge in [-0.3, -0.25) is 9.89 Å². The summed E-state index contributed by atoms with van der Waals surface area (Å²) in [6, 6.07) is 53.6. The van der Waals surface area contributed by atoms with Gasteiger partial charge < -0.3 is 4.57 Å². The molecule has 7 aromatic rings. The van der Waals surface area contributed by atoms with E-state index in [-0.39, 0.29) is 11.5 Å². The molecule has 0 saturated carbocycles. The predicted molar refractivity (Wildman–Crippen MR) is 196 cm³/mol. The molecule has 228 valence electrons. The van der Waals surface area contributed by atoms with E-state index in [9.17, 15) is 0 Å². The summed E-state index contributed by atoms with van der Waals surface area (Å²) in [5, 5.41) is 2.57. The van der Waals surface area contributed by atoms with Crippen molar-refractivity contribution in [2.75, 3.05) is 7.05 Å². The van der Waals surface area contributed by atoms with Crippen molar-refractivity contribution in [3.8, 4) is 22.3 Å². The molecular formula is C44H37N3. The van der Waals surface area contributed by atoms with Crippen molar-refractivity contribution in [3.05, 3.63) is 168 Å². The lowest BCUT2D eigenvalue weighted by molar-refractivity contribution is 0.617. The predicted octanol–water partition coefficient (Wildman–Crippen LogP) is 10.3. The lowest BCUT2D eigenvalue weighted by Gasteiger charge is -2.21. The molecule has 3 nitrogen and oxygen atoms in total. The van der Waals surface area contributed by atoms with Crippen LogP contribution >= 0.6 is 0 Å². The minimum absolute atomic E-state index is 0.0622. The molecule has 0 N–H and O–H groups in total. The van der Waals surface area contributed by atoms with E-state index in [1.165, 1.54) is 66.3 Å². The highest BCUT2D eigenvalue weighted by molar-refractivity contribution is 6.11. The smallest absolute Gasteiger partial charge is 0.115 e. The van der Waals surface area contributed by atoms with Crippen LogP contribution in [0.1, 0.15) is 42.1 Å². The molecule has 1 aliphatic heterocycles. The second-order valence-corrected chi connectivity index (χ2v) is 13.6. The molecule has 2 heterocycles. The van der Waals surface area contributed by atoms with Gasteiger partial charge in [-0.15, -0.1) is 0 Å². The zero-order valence-electron chi connectivity index (χ0n) is 27.1. The number of aliphatic imine (C=N–C) groups is 1. The van der Waals surface area contributed by atoms with E-state index in [0.717, 1.165) is 5.71 Å². The van der Waals surface area contributed by atoms with E-state index in [4.69, 9.17) is 4.99 Å². The van der Waals surface area contributed by atoms with E-state index in [2.05, 4.69) is 176 Å². The Bertz CT molecular complexity index is 2330. The van der Waals surface area contributed by atoms with Crippen molar-refractivity contribution in [1.82, 2.24) is 9.47 Å². The second kappa shape index (κ2) is 10.7. The van der Waals surface area contributed by atoms with Crippen molar-refractivity contribution in [1.29, 1.82) is 0 Å². The summed E-state index contributed by atoms with van der Waals surface area (Å²) < 4.78 is 2.44. The summed E-state index contributed by atoms with van der Waals surface area (Å²) in [6.45, 7) is 5.27. The van der Waals surface area contributed by atoms with Crippen LogP contribution in [0, 0.1) is 0 Å². The molecule has 0 amide bonds. The molecule has 3 unspecified atom stereocenters. The van der Waals surface area contributed by atoms with E-state index < -0.39 is 0 Å². The number of hydrogen-bond acceptors (Lipinski definition) is 2. The highest BCUT2D eigenvalue weighted by Gasteiger charge is 2.49. The zero-order chi connectivity index (χ0) is 31.7. The number of likely N-dealkylation sites (N-methyl/N-ethyl adjacent to an activating group) is 1. The molecule has 1 fully saturated rings. The van der Waals surface area contributed by atoms with Gasteiger partial charge in [0.15, 0.2) is 0 Å². The maximum atomic E-state index is 5.57. The van der Waals surface area contributed by atoms with Gasteiger partial charge in [-0.05, 0) is 75.8 Å². The van der Waals surface area contributed by atoms with E-state index in [1.807, 2.05) is 0 Å². The fourth-order valence-corrected chi connectivity index (χ4v) is 8.13. The highest BCUT2D eigenvalue weighted by Crippen LogP contribution is 2.51. The third-order valence-corrected chi connectivity index (χ3v) is 10.6. The van der Waals surface area contributed by atoms with Gasteiger partial charge >= 0.3 is 0 Å². The van der Waals surface area contributed by atoms with Gasteiger partial charge in [0.1, 0.15) is 6.67 Å². The second-order valence-electron chi connectivity index (χ2n) is 13.6. The van der Waals surface area contributed by atoms with Gasteiger partial charge in [0, 0.05) is 16.2 Å². The Kier molecular flexibility index (Phi) is 6.35. The molecule has 3 atom stereocenters. The lowest BCUT2D eigenvalue weighted by atomic mass is 9.82. The third-order valence-electron chi connectivity index (χ3n) is 10.6. The Balaban J connectivity index is 1.20. The standard InChI is InChI=1S/C44H37N3/c1-44(2)37-23-12-10-21-33(37)35-26-36-34-22-11-13-24-39(34)47(40(36)27-38(35)44)28-45-41(43-42(46(43)3)30-17-8-5-9-18-30)32-20-14-19-31(25-32)29-15-6-4-7-16-29/h4-27,42-43H,28H2,1-3H3. The minimum atomic E-state index is -0.0622. The lowest BCUT2D eigenvalue weighted by Crippen LogP contribution is -2.15. The number of fused-ring (bicyclic) bond motifs is 6. The molecule has 2 aliphatic rings. The summed E-state index contributed by atoms with van der Waals surface area (Å²) >= 11 is 0. The van der Waals surface area contributed by atoms with Crippen LogP contribution in [0.5, 0.6) is 0 Å². The molecule has 0 spiro atoms. The molecule has 3 heteroatoms. The third kappa shape index (κ3) is 4.41. The fourth-order valence-electron chi connectivity index (χ4n) is 8.13. The van der Waals surface area contributed by atoms with Gasteiger partial charge in [0.25, 0.3) is 0 Å². The number of rotatable bonds is 6. The van der Waals surface area contributed by atoms with Crippen LogP contribution in [-0.4, -0.2) is 28.3 Å². The number of nitrogens with zero attached hydrogens (tertiary/aromatic N) is 3. The number of aromatic nitrogens is 1. The van der Waals surface area contributed by atoms with E-state index >= 15 is 0 Å². The van der Waals surface area contributed by atoms with Gasteiger partial charge in [0.2, 0.25) is 0 Å². The van der Waals surface area contributed by atoms with Gasteiger partial charge in [-0.1, -0.05) is 135 Å². The first-order valence-corrected chi connectivity index (χ1v) is 16.6. The topological polar surface area (TPSA) is 20.3 Å². The van der Waals surface area contributed by atoms with Crippen molar-refractivity contribution >= 4 is 27.5 Å². The number of para-hydroxylation sites is 1. The Hall–Kier alpha value is -5.25. The maximum absolute atomic E-state index is 5.57. The van der Waals surface area contributed by atoms with Crippen LogP contribution < -0.4 is 0 Å². The largest absolute Gasteiger partial charge is 0.320 e. The van der Waals surface area contributed by atoms with Crippen LogP contribution in [0.4, 0.5) is 0 Å². The van der Waals surface area contributed by atoms with E-state index in [1.54, 1.807) is 0 Å². The monoisotopic (exact) mass is 607 g/mol. The zero-order valence-corrected chi connectivity index (χ0v) is 27.1. The van der Waals surface area contributed by atoms with Crippen molar-refractivity contribution in [2.24, 2.45) is 4.99 Å². The molecule has 0 radical (unpaired) electrons. The molecule has 1 saturated heterocycles. The van der Waals surface area contributed by atoms with Crippen LogP contribution in [0.2, 0.25) is 0 Å². The Morgan fingerprint density at radius 3 is 2.15 bits per heavy atom. The van der Waals surface area contributed by atoms with Gasteiger partial charge in [-0.25, -0.2) is 0 Å². The van der Waals surface area contributed by atoms with Crippen LogP contribution in [0.15, 0.2) is 151 Å². The summed E-state index contributed by atoms with van der Waals surface area (Å²) in [5.74, 6) is 0. The maximum Gasteiger partial charge on any atom is 0.115 e. The molecule has 0 bridgehead atoms. The Morgan fingerprint density at radius 2 is 1.32 bits per heavy atom.